The van der Waals surface area contributed by atoms with E-state index in [1.807, 2.05) is 0 Å². The number of nitrogens with one attached hydrogen (secondary N) is 1. The van der Waals surface area contributed by atoms with Crippen LogP contribution in [-0.4, -0.2) is 32.2 Å². The third kappa shape index (κ3) is 5.35. The summed E-state index contributed by atoms with van der Waals surface area (Å²) in [7, 11) is 1.77. The first-order chi connectivity index (χ1) is 6.76. The van der Waals surface area contributed by atoms with Crippen LogP contribution in [0.2, 0.25) is 0 Å². The summed E-state index contributed by atoms with van der Waals surface area (Å²) in [5.41, 5.74) is 5.20. The number of ether oxygens (including phenoxy) is 1. The molecule has 0 aromatic heterocycles. The molecule has 1 fully saturated rings. The zero-order chi connectivity index (χ0) is 10.4. The Kier molecular flexibility index (Phi) is 7.74. The first-order valence-corrected chi connectivity index (χ1v) is 5.25. The van der Waals surface area contributed by atoms with Crippen molar-refractivity contribution in [3.05, 3.63) is 0 Å². The highest BCUT2D eigenvalue weighted by Gasteiger charge is 2.20. The van der Waals surface area contributed by atoms with Crippen molar-refractivity contribution >= 4 is 18.3 Å². The summed E-state index contributed by atoms with van der Waals surface area (Å²) in [5.74, 6) is 0.552. The first kappa shape index (κ1) is 14.7. The summed E-state index contributed by atoms with van der Waals surface area (Å²) in [6, 6.07) is 0. The Bertz CT molecular complexity index is 182. The third-order valence-corrected chi connectivity index (χ3v) is 2.90. The number of halogens is 1. The van der Waals surface area contributed by atoms with Crippen LogP contribution in [0.15, 0.2) is 0 Å². The van der Waals surface area contributed by atoms with Crippen molar-refractivity contribution in [3.63, 3.8) is 0 Å². The van der Waals surface area contributed by atoms with E-state index in [-0.39, 0.29) is 24.9 Å². The Morgan fingerprint density at radius 3 is 2.47 bits per heavy atom. The lowest BCUT2D eigenvalue weighted by Crippen LogP contribution is -2.35. The number of hydrogen-bond donors (Lipinski definition) is 2. The maximum absolute atomic E-state index is 10.9. The Morgan fingerprint density at radius 1 is 1.40 bits per heavy atom. The lowest BCUT2D eigenvalue weighted by atomic mass is 9.87. The molecule has 1 saturated carbocycles. The zero-order valence-electron chi connectivity index (χ0n) is 9.20. The third-order valence-electron chi connectivity index (χ3n) is 2.90. The van der Waals surface area contributed by atoms with Crippen LogP contribution in [0, 0.1) is 5.92 Å². The minimum atomic E-state index is -0.0566. The monoisotopic (exact) mass is 236 g/mol. The Labute approximate surface area is 97.3 Å². The number of nitrogens with two attached hydrogens (primary N) is 1. The molecule has 0 aromatic rings. The van der Waals surface area contributed by atoms with Crippen LogP contribution in [0.3, 0.4) is 0 Å². The van der Waals surface area contributed by atoms with Gasteiger partial charge < -0.3 is 15.8 Å². The maximum atomic E-state index is 10.9. The molecule has 0 unspecified atom stereocenters. The van der Waals surface area contributed by atoms with Crippen molar-refractivity contribution in [2.24, 2.45) is 11.7 Å². The van der Waals surface area contributed by atoms with Crippen LogP contribution in [0.4, 0.5) is 0 Å². The minimum absolute atomic E-state index is 0. The van der Waals surface area contributed by atoms with E-state index >= 15 is 0 Å². The molecule has 0 bridgehead atoms. The summed E-state index contributed by atoms with van der Waals surface area (Å²) in [5, 5.41) is 2.83. The van der Waals surface area contributed by atoms with Crippen molar-refractivity contribution in [2.75, 3.05) is 20.2 Å². The number of carbonyl (C=O) groups excluding carboxylic acids is 1. The van der Waals surface area contributed by atoms with Gasteiger partial charge in [-0.1, -0.05) is 0 Å². The summed E-state index contributed by atoms with van der Waals surface area (Å²) in [6.07, 6.45) is 4.93. The van der Waals surface area contributed by atoms with Crippen LogP contribution in [0.25, 0.3) is 0 Å². The zero-order valence-corrected chi connectivity index (χ0v) is 10.0. The molecule has 15 heavy (non-hydrogen) atoms. The van der Waals surface area contributed by atoms with Crippen LogP contribution < -0.4 is 11.1 Å². The van der Waals surface area contributed by atoms with E-state index in [9.17, 15) is 4.79 Å². The lowest BCUT2D eigenvalue weighted by Gasteiger charge is -2.27. The second-order valence-electron chi connectivity index (χ2n) is 3.89. The average molecular weight is 237 g/mol. The number of methoxy groups -OCH3 is 1. The first-order valence-electron chi connectivity index (χ1n) is 5.25. The molecule has 0 saturated heterocycles. The van der Waals surface area contributed by atoms with Crippen LogP contribution in [0.1, 0.15) is 25.7 Å². The topological polar surface area (TPSA) is 64.3 Å². The molecule has 5 heteroatoms. The summed E-state index contributed by atoms with van der Waals surface area (Å²) in [4.78, 5) is 10.9. The van der Waals surface area contributed by atoms with E-state index in [2.05, 4.69) is 5.32 Å². The fourth-order valence-corrected chi connectivity index (χ4v) is 1.90. The molecule has 3 N–H and O–H groups in total. The van der Waals surface area contributed by atoms with Gasteiger partial charge in [0.05, 0.1) is 12.6 Å². The van der Waals surface area contributed by atoms with Gasteiger partial charge in [0.25, 0.3) is 0 Å². The maximum Gasteiger partial charge on any atom is 0.233 e. The SMILES string of the molecule is COC1CCC(CNC(=O)CN)CC1.Cl. The van der Waals surface area contributed by atoms with E-state index in [0.29, 0.717) is 12.0 Å². The van der Waals surface area contributed by atoms with Gasteiger partial charge in [-0.15, -0.1) is 12.4 Å². The molecule has 90 valence electrons. The normalized spacial score (nSPS) is 25.5. The van der Waals surface area contributed by atoms with Crippen molar-refractivity contribution in [1.29, 1.82) is 0 Å². The van der Waals surface area contributed by atoms with Gasteiger partial charge in [0.2, 0.25) is 5.91 Å². The smallest absolute Gasteiger partial charge is 0.233 e. The number of hydrogen-bond acceptors (Lipinski definition) is 3. The number of amides is 1. The van der Waals surface area contributed by atoms with Gasteiger partial charge >= 0.3 is 0 Å². The molecule has 0 atom stereocenters. The van der Waals surface area contributed by atoms with Gasteiger partial charge in [0.15, 0.2) is 0 Å². The molecule has 1 rings (SSSR count). The molecule has 1 aliphatic rings. The molecule has 0 spiro atoms. The Balaban J connectivity index is 0.00000196. The van der Waals surface area contributed by atoms with E-state index in [4.69, 9.17) is 10.5 Å². The van der Waals surface area contributed by atoms with E-state index in [1.54, 1.807) is 7.11 Å². The van der Waals surface area contributed by atoms with Gasteiger partial charge in [0.1, 0.15) is 0 Å². The van der Waals surface area contributed by atoms with E-state index in [0.717, 1.165) is 32.2 Å². The molecule has 0 radical (unpaired) electrons. The molecular weight excluding hydrogens is 216 g/mol. The lowest BCUT2D eigenvalue weighted by molar-refractivity contribution is -0.120. The number of rotatable bonds is 4. The molecular formula is C10H21ClN2O2. The molecule has 0 heterocycles. The van der Waals surface area contributed by atoms with E-state index in [1.165, 1.54) is 0 Å². The van der Waals surface area contributed by atoms with Gasteiger partial charge in [-0.2, -0.15) is 0 Å². The molecule has 0 aliphatic heterocycles. The van der Waals surface area contributed by atoms with Gasteiger partial charge in [-0.25, -0.2) is 0 Å². The van der Waals surface area contributed by atoms with Crippen LogP contribution >= 0.6 is 12.4 Å². The van der Waals surface area contributed by atoms with Crippen molar-refractivity contribution in [3.8, 4) is 0 Å². The Morgan fingerprint density at radius 2 is 2.00 bits per heavy atom. The average Bonchev–Trinajstić information content (AvgIpc) is 2.26. The standard InChI is InChI=1S/C10H20N2O2.ClH/c1-14-9-4-2-8(3-5-9)7-12-10(13)6-11;/h8-9H,2-7,11H2,1H3,(H,12,13);1H. The van der Waals surface area contributed by atoms with Crippen molar-refractivity contribution in [2.45, 2.75) is 31.8 Å². The van der Waals surface area contributed by atoms with Crippen molar-refractivity contribution < 1.29 is 9.53 Å². The fraction of sp³-hybridized carbons (Fsp3) is 0.900. The second-order valence-corrected chi connectivity index (χ2v) is 3.89. The van der Waals surface area contributed by atoms with Crippen LogP contribution in [0.5, 0.6) is 0 Å². The van der Waals surface area contributed by atoms with E-state index < -0.39 is 0 Å². The fourth-order valence-electron chi connectivity index (χ4n) is 1.90. The second kappa shape index (κ2) is 7.91. The highest BCUT2D eigenvalue weighted by atomic mass is 35.5. The molecule has 0 aromatic carbocycles. The highest BCUT2D eigenvalue weighted by Crippen LogP contribution is 2.25. The summed E-state index contributed by atoms with van der Waals surface area (Å²) >= 11 is 0. The quantitative estimate of drug-likeness (QED) is 0.755. The van der Waals surface area contributed by atoms with Gasteiger partial charge in [0, 0.05) is 13.7 Å². The Hall–Kier alpha value is -0.320. The number of carbonyl (C=O) groups is 1. The van der Waals surface area contributed by atoms with Gasteiger partial charge in [-0.05, 0) is 31.6 Å². The summed E-state index contributed by atoms with van der Waals surface area (Å²) in [6.45, 7) is 0.861. The molecule has 4 nitrogen and oxygen atoms in total. The molecule has 1 amide bonds. The highest BCUT2D eigenvalue weighted by molar-refractivity contribution is 5.85. The van der Waals surface area contributed by atoms with Gasteiger partial charge in [-0.3, -0.25) is 4.79 Å². The minimum Gasteiger partial charge on any atom is -0.381 e. The predicted molar refractivity (Wildman–Crippen MR) is 62.1 cm³/mol. The van der Waals surface area contributed by atoms with Crippen molar-refractivity contribution in [1.82, 2.24) is 5.32 Å². The largest absolute Gasteiger partial charge is 0.381 e. The van der Waals surface area contributed by atoms with Crippen LogP contribution in [-0.2, 0) is 9.53 Å². The summed E-state index contributed by atoms with van der Waals surface area (Å²) < 4.78 is 5.28. The molecule has 1 aliphatic carbocycles. The predicted octanol–water partition coefficient (Wildman–Crippen LogP) is 0.688.